The van der Waals surface area contributed by atoms with Gasteiger partial charge in [-0.2, -0.15) is 13.2 Å². The van der Waals surface area contributed by atoms with E-state index in [1.54, 1.807) is 30.3 Å². The summed E-state index contributed by atoms with van der Waals surface area (Å²) in [4.78, 5) is 28.3. The maximum Gasteiger partial charge on any atom is 0.433 e. The van der Waals surface area contributed by atoms with E-state index in [1.165, 1.54) is 19.2 Å². The predicted octanol–water partition coefficient (Wildman–Crippen LogP) is 5.81. The van der Waals surface area contributed by atoms with Crippen LogP contribution >= 0.6 is 11.6 Å². The topological polar surface area (TPSA) is 95.2 Å². The zero-order valence-corrected chi connectivity index (χ0v) is 20.1. The van der Waals surface area contributed by atoms with Crippen molar-refractivity contribution in [1.29, 1.82) is 0 Å². The van der Waals surface area contributed by atoms with Gasteiger partial charge in [0.15, 0.2) is 0 Å². The Labute approximate surface area is 210 Å². The largest absolute Gasteiger partial charge is 0.433 e. The number of nitrogens with zero attached hydrogens (tertiary/aromatic N) is 1. The van der Waals surface area contributed by atoms with Gasteiger partial charge in [0.05, 0.1) is 16.8 Å². The van der Waals surface area contributed by atoms with Gasteiger partial charge in [0.1, 0.15) is 5.69 Å². The predicted molar refractivity (Wildman–Crippen MR) is 133 cm³/mol. The SMILES string of the molecule is CNC(=O)Nc1ccccc1C(=O)NC1CCC(Nc2cc(C(F)(F)F)nc3ccc(Cl)cc23)CC1. The summed E-state index contributed by atoms with van der Waals surface area (Å²) < 4.78 is 40.2. The van der Waals surface area contributed by atoms with Crippen molar-refractivity contribution >= 4 is 45.8 Å². The van der Waals surface area contributed by atoms with Crippen molar-refractivity contribution in [2.45, 2.75) is 43.9 Å². The summed E-state index contributed by atoms with van der Waals surface area (Å²) in [5, 5.41) is 12.2. The number of nitrogens with one attached hydrogen (secondary N) is 4. The quantitative estimate of drug-likeness (QED) is 0.342. The Balaban J connectivity index is 1.42. The first-order valence-corrected chi connectivity index (χ1v) is 11.8. The van der Waals surface area contributed by atoms with Crippen LogP contribution in [-0.4, -0.2) is 36.1 Å². The highest BCUT2D eigenvalue weighted by Gasteiger charge is 2.34. The average molecular weight is 520 g/mol. The minimum Gasteiger partial charge on any atom is -0.382 e. The molecule has 2 aromatic carbocycles. The van der Waals surface area contributed by atoms with Crippen LogP contribution in [0.15, 0.2) is 48.5 Å². The van der Waals surface area contributed by atoms with E-state index in [4.69, 9.17) is 11.6 Å². The number of rotatable bonds is 5. The van der Waals surface area contributed by atoms with Gasteiger partial charge in [-0.1, -0.05) is 23.7 Å². The fraction of sp³-hybridized carbons (Fsp3) is 0.320. The highest BCUT2D eigenvalue weighted by Crippen LogP contribution is 2.35. The van der Waals surface area contributed by atoms with Crippen LogP contribution in [0.1, 0.15) is 41.7 Å². The molecule has 1 aromatic heterocycles. The van der Waals surface area contributed by atoms with Gasteiger partial charge in [-0.05, 0) is 62.1 Å². The minimum atomic E-state index is -4.57. The molecule has 0 bridgehead atoms. The summed E-state index contributed by atoms with van der Waals surface area (Å²) in [5.74, 6) is -0.303. The van der Waals surface area contributed by atoms with Crippen LogP contribution in [0.25, 0.3) is 10.9 Å². The number of anilines is 2. The normalized spacial score (nSPS) is 17.9. The number of carbonyl (C=O) groups is 2. The molecule has 4 rings (SSSR count). The molecule has 0 radical (unpaired) electrons. The molecule has 0 aliphatic heterocycles. The van der Waals surface area contributed by atoms with Gasteiger partial charge >= 0.3 is 12.2 Å². The standard InChI is InChI=1S/C25H25ClF3N5O2/c1-30-24(36)34-19-5-3-2-4-17(19)23(35)32-16-9-7-15(8-10-16)31-21-13-22(25(27,28)29)33-20-11-6-14(26)12-18(20)21/h2-6,11-13,15-16H,7-10H2,1H3,(H,31,33)(H,32,35)(H2,30,34,36). The van der Waals surface area contributed by atoms with Gasteiger partial charge in [0, 0.05) is 35.2 Å². The average Bonchev–Trinajstić information content (AvgIpc) is 2.85. The van der Waals surface area contributed by atoms with Crippen LogP contribution in [-0.2, 0) is 6.18 Å². The van der Waals surface area contributed by atoms with E-state index in [1.807, 2.05) is 0 Å². The second-order valence-corrected chi connectivity index (χ2v) is 9.07. The number of carbonyl (C=O) groups excluding carboxylic acids is 2. The Morgan fingerprint density at radius 2 is 1.67 bits per heavy atom. The van der Waals surface area contributed by atoms with Crippen molar-refractivity contribution in [3.8, 4) is 0 Å². The van der Waals surface area contributed by atoms with Crippen LogP contribution in [0.2, 0.25) is 5.02 Å². The summed E-state index contributed by atoms with van der Waals surface area (Å²) in [7, 11) is 1.48. The molecule has 1 aliphatic carbocycles. The molecule has 190 valence electrons. The third kappa shape index (κ3) is 5.99. The van der Waals surface area contributed by atoms with Gasteiger partial charge < -0.3 is 21.3 Å². The van der Waals surface area contributed by atoms with Gasteiger partial charge in [0.2, 0.25) is 0 Å². The monoisotopic (exact) mass is 519 g/mol. The third-order valence-corrected chi connectivity index (χ3v) is 6.37. The molecular weight excluding hydrogens is 495 g/mol. The lowest BCUT2D eigenvalue weighted by Gasteiger charge is -2.31. The molecule has 1 aliphatic rings. The highest BCUT2D eigenvalue weighted by molar-refractivity contribution is 6.31. The number of halogens is 4. The van der Waals surface area contributed by atoms with Crippen molar-refractivity contribution in [2.24, 2.45) is 0 Å². The lowest BCUT2D eigenvalue weighted by atomic mass is 9.90. The first kappa shape index (κ1) is 25.6. The van der Waals surface area contributed by atoms with Crippen LogP contribution < -0.4 is 21.3 Å². The number of hydrogen-bond donors (Lipinski definition) is 4. The summed E-state index contributed by atoms with van der Waals surface area (Å²) in [6.07, 6.45) is -1.99. The molecule has 4 N–H and O–H groups in total. The lowest BCUT2D eigenvalue weighted by molar-refractivity contribution is -0.140. The third-order valence-electron chi connectivity index (χ3n) is 6.13. The molecule has 0 spiro atoms. The first-order valence-electron chi connectivity index (χ1n) is 11.5. The van der Waals surface area contributed by atoms with Crippen molar-refractivity contribution < 1.29 is 22.8 Å². The Kier molecular flexibility index (Phi) is 7.53. The number of pyridine rings is 1. The van der Waals surface area contributed by atoms with E-state index in [2.05, 4.69) is 26.3 Å². The maximum absolute atomic E-state index is 13.4. The number of alkyl halides is 3. The number of aromatic nitrogens is 1. The van der Waals surface area contributed by atoms with E-state index in [-0.39, 0.29) is 23.5 Å². The number of fused-ring (bicyclic) bond motifs is 1. The number of hydrogen-bond acceptors (Lipinski definition) is 4. The fourth-order valence-corrected chi connectivity index (χ4v) is 4.47. The molecule has 1 fully saturated rings. The van der Waals surface area contributed by atoms with Crippen molar-refractivity contribution in [1.82, 2.24) is 15.6 Å². The fourth-order valence-electron chi connectivity index (χ4n) is 4.30. The molecule has 36 heavy (non-hydrogen) atoms. The van der Waals surface area contributed by atoms with Crippen molar-refractivity contribution in [2.75, 3.05) is 17.7 Å². The molecular formula is C25H25ClF3N5O2. The van der Waals surface area contributed by atoms with Crippen LogP contribution in [0.3, 0.4) is 0 Å². The van der Waals surface area contributed by atoms with Crippen LogP contribution in [0.4, 0.5) is 29.3 Å². The molecule has 3 aromatic rings. The Morgan fingerprint density at radius 3 is 2.36 bits per heavy atom. The first-order chi connectivity index (χ1) is 17.1. The molecule has 3 amide bonds. The van der Waals surface area contributed by atoms with E-state index in [0.29, 0.717) is 53.0 Å². The summed E-state index contributed by atoms with van der Waals surface area (Å²) in [5.41, 5.74) is 0.317. The summed E-state index contributed by atoms with van der Waals surface area (Å²) >= 11 is 6.08. The van der Waals surface area contributed by atoms with Crippen LogP contribution in [0, 0.1) is 0 Å². The highest BCUT2D eigenvalue weighted by atomic mass is 35.5. The van der Waals surface area contributed by atoms with E-state index < -0.39 is 17.9 Å². The van der Waals surface area contributed by atoms with Gasteiger partial charge in [-0.25, -0.2) is 9.78 Å². The molecule has 1 saturated carbocycles. The summed E-state index contributed by atoms with van der Waals surface area (Å²) in [6.45, 7) is 0. The lowest BCUT2D eigenvalue weighted by Crippen LogP contribution is -2.40. The van der Waals surface area contributed by atoms with Crippen LogP contribution in [0.5, 0.6) is 0 Å². The number of urea groups is 1. The number of para-hydroxylation sites is 1. The Bertz CT molecular complexity index is 1280. The van der Waals surface area contributed by atoms with E-state index in [9.17, 15) is 22.8 Å². The van der Waals surface area contributed by atoms with E-state index in [0.717, 1.165) is 6.07 Å². The van der Waals surface area contributed by atoms with E-state index >= 15 is 0 Å². The minimum absolute atomic E-state index is 0.0778. The Morgan fingerprint density at radius 1 is 0.972 bits per heavy atom. The van der Waals surface area contributed by atoms with Gasteiger partial charge in [-0.3, -0.25) is 4.79 Å². The smallest absolute Gasteiger partial charge is 0.382 e. The molecule has 1 heterocycles. The van der Waals surface area contributed by atoms with Crippen molar-refractivity contribution in [3.05, 3.63) is 64.8 Å². The second-order valence-electron chi connectivity index (χ2n) is 8.63. The van der Waals surface area contributed by atoms with Crippen molar-refractivity contribution in [3.63, 3.8) is 0 Å². The maximum atomic E-state index is 13.4. The number of benzene rings is 2. The molecule has 11 heteroatoms. The zero-order chi connectivity index (χ0) is 25.9. The molecule has 0 atom stereocenters. The van der Waals surface area contributed by atoms with Gasteiger partial charge in [0.25, 0.3) is 5.91 Å². The Hall–Kier alpha value is -3.53. The molecule has 0 saturated heterocycles. The zero-order valence-electron chi connectivity index (χ0n) is 19.4. The summed E-state index contributed by atoms with van der Waals surface area (Å²) in [6, 6.07) is 11.7. The second kappa shape index (κ2) is 10.6. The van der Waals surface area contributed by atoms with Gasteiger partial charge in [-0.15, -0.1) is 0 Å². The molecule has 0 unspecified atom stereocenters. The molecule has 7 nitrogen and oxygen atoms in total. The number of amides is 3.